The van der Waals surface area contributed by atoms with Crippen molar-refractivity contribution in [2.45, 2.75) is 18.0 Å². The number of rotatable bonds is 7. The fourth-order valence-electron chi connectivity index (χ4n) is 3.30. The van der Waals surface area contributed by atoms with Crippen molar-refractivity contribution in [3.05, 3.63) is 96.3 Å². The molecule has 0 aliphatic carbocycles. The number of carbonyl (C=O) groups excluding carboxylic acids is 2. The number of nitrogens with one attached hydrogen (secondary N) is 2. The summed E-state index contributed by atoms with van der Waals surface area (Å²) in [6, 6.07) is 24.2. The Kier molecular flexibility index (Phi) is 6.77. The molecule has 7 heteroatoms. The summed E-state index contributed by atoms with van der Waals surface area (Å²) in [6.45, 7) is 1.93. The Bertz CT molecular complexity index is 1240. The number of thioether (sulfide) groups is 1. The summed E-state index contributed by atoms with van der Waals surface area (Å²) in [5, 5.41) is 7.50. The van der Waals surface area contributed by atoms with Crippen molar-refractivity contribution < 1.29 is 9.59 Å². The number of nitrogens with zero attached hydrogens (tertiary/aromatic N) is 2. The van der Waals surface area contributed by atoms with Gasteiger partial charge < -0.3 is 10.6 Å². The number of fused-ring (bicyclic) bond motifs is 1. The Hall–Kier alpha value is -3.71. The molecular formula is C25H22N4O2S. The van der Waals surface area contributed by atoms with E-state index in [4.69, 9.17) is 0 Å². The van der Waals surface area contributed by atoms with Gasteiger partial charge in [0.25, 0.3) is 5.91 Å². The van der Waals surface area contributed by atoms with Crippen LogP contribution in [0.3, 0.4) is 0 Å². The van der Waals surface area contributed by atoms with Crippen LogP contribution in [0.25, 0.3) is 10.9 Å². The SMILES string of the molecule is C[C@H](NC(=O)c1ccccc1NC(=O)CSc1ncnc2ccccc12)c1ccccc1. The predicted octanol–water partition coefficient (Wildman–Crippen LogP) is 4.85. The lowest BCUT2D eigenvalue weighted by molar-refractivity contribution is -0.113. The molecule has 160 valence electrons. The van der Waals surface area contributed by atoms with Gasteiger partial charge in [0.05, 0.1) is 28.6 Å². The molecule has 1 aromatic heterocycles. The van der Waals surface area contributed by atoms with Crippen LogP contribution in [0.4, 0.5) is 5.69 Å². The van der Waals surface area contributed by atoms with Crippen molar-refractivity contribution in [3.8, 4) is 0 Å². The number of benzene rings is 3. The highest BCUT2D eigenvalue weighted by Crippen LogP contribution is 2.25. The Balaban J connectivity index is 1.42. The Morgan fingerprint density at radius 2 is 1.62 bits per heavy atom. The summed E-state index contributed by atoms with van der Waals surface area (Å²) in [5.74, 6) is -0.294. The summed E-state index contributed by atoms with van der Waals surface area (Å²) >= 11 is 1.34. The second-order valence-electron chi connectivity index (χ2n) is 7.18. The summed E-state index contributed by atoms with van der Waals surface area (Å²) < 4.78 is 0. The molecule has 0 fully saturated rings. The standard InChI is InChI=1S/C25H22N4O2S/c1-17(18-9-3-2-4-10-18)28-24(31)19-11-5-8-14-22(19)29-23(30)15-32-25-20-12-6-7-13-21(20)26-16-27-25/h2-14,16-17H,15H2,1H3,(H,28,31)(H,29,30)/t17-/m0/s1. The minimum atomic E-state index is -0.244. The third-order valence-electron chi connectivity index (χ3n) is 4.94. The minimum Gasteiger partial charge on any atom is -0.345 e. The highest BCUT2D eigenvalue weighted by molar-refractivity contribution is 8.00. The van der Waals surface area contributed by atoms with Crippen LogP contribution in [0.1, 0.15) is 28.9 Å². The van der Waals surface area contributed by atoms with Gasteiger partial charge in [0.1, 0.15) is 11.4 Å². The first kappa shape index (κ1) is 21.5. The third-order valence-corrected chi connectivity index (χ3v) is 5.94. The number of anilines is 1. The number of aromatic nitrogens is 2. The van der Waals surface area contributed by atoms with Gasteiger partial charge in [-0.15, -0.1) is 0 Å². The van der Waals surface area contributed by atoms with Gasteiger partial charge in [-0.3, -0.25) is 9.59 Å². The topological polar surface area (TPSA) is 84.0 Å². The van der Waals surface area contributed by atoms with Gasteiger partial charge in [0, 0.05) is 5.39 Å². The number of para-hydroxylation sites is 2. The maximum atomic E-state index is 12.9. The molecule has 32 heavy (non-hydrogen) atoms. The van der Waals surface area contributed by atoms with E-state index in [1.165, 1.54) is 18.1 Å². The second-order valence-corrected chi connectivity index (χ2v) is 8.15. The normalized spacial score (nSPS) is 11.7. The molecule has 0 bridgehead atoms. The third kappa shape index (κ3) is 5.12. The summed E-state index contributed by atoms with van der Waals surface area (Å²) in [6.07, 6.45) is 1.50. The molecule has 0 unspecified atom stereocenters. The molecule has 0 spiro atoms. The molecular weight excluding hydrogens is 420 g/mol. The average molecular weight is 443 g/mol. The maximum Gasteiger partial charge on any atom is 0.253 e. The van der Waals surface area contributed by atoms with Crippen LogP contribution in [0.15, 0.2) is 90.2 Å². The molecule has 0 saturated carbocycles. The van der Waals surface area contributed by atoms with Gasteiger partial charge >= 0.3 is 0 Å². The van der Waals surface area contributed by atoms with Crippen LogP contribution in [0.2, 0.25) is 0 Å². The molecule has 4 rings (SSSR count). The monoisotopic (exact) mass is 442 g/mol. The van der Waals surface area contributed by atoms with E-state index in [1.54, 1.807) is 24.3 Å². The molecule has 0 radical (unpaired) electrons. The first-order valence-electron chi connectivity index (χ1n) is 10.2. The lowest BCUT2D eigenvalue weighted by atomic mass is 10.1. The van der Waals surface area contributed by atoms with Gasteiger partial charge in [-0.05, 0) is 30.7 Å². The molecule has 1 heterocycles. The minimum absolute atomic E-state index is 0.158. The smallest absolute Gasteiger partial charge is 0.253 e. The van der Waals surface area contributed by atoms with Crippen molar-refractivity contribution >= 4 is 40.2 Å². The molecule has 6 nitrogen and oxygen atoms in total. The number of carbonyl (C=O) groups is 2. The van der Waals surface area contributed by atoms with Crippen molar-refractivity contribution in [2.75, 3.05) is 11.1 Å². The molecule has 4 aromatic rings. The van der Waals surface area contributed by atoms with Crippen LogP contribution in [-0.2, 0) is 4.79 Å². The Morgan fingerprint density at radius 3 is 2.47 bits per heavy atom. The number of amides is 2. The van der Waals surface area contributed by atoms with E-state index in [0.717, 1.165) is 21.5 Å². The van der Waals surface area contributed by atoms with E-state index in [0.29, 0.717) is 11.3 Å². The molecule has 2 N–H and O–H groups in total. The van der Waals surface area contributed by atoms with Crippen molar-refractivity contribution in [1.82, 2.24) is 15.3 Å². The average Bonchev–Trinajstić information content (AvgIpc) is 2.83. The highest BCUT2D eigenvalue weighted by Gasteiger charge is 2.16. The fourth-order valence-corrected chi connectivity index (χ4v) is 4.09. The molecule has 1 atom stereocenters. The van der Waals surface area contributed by atoms with Crippen LogP contribution < -0.4 is 10.6 Å². The summed E-state index contributed by atoms with van der Waals surface area (Å²) in [5.41, 5.74) is 2.74. The largest absolute Gasteiger partial charge is 0.345 e. The lowest BCUT2D eigenvalue weighted by Crippen LogP contribution is -2.28. The van der Waals surface area contributed by atoms with E-state index >= 15 is 0 Å². The van der Waals surface area contributed by atoms with Crippen LogP contribution >= 0.6 is 11.8 Å². The van der Waals surface area contributed by atoms with Gasteiger partial charge in [-0.1, -0.05) is 72.4 Å². The molecule has 0 aliphatic heterocycles. The van der Waals surface area contributed by atoms with Gasteiger partial charge in [0.15, 0.2) is 0 Å². The second kappa shape index (κ2) is 10.1. The zero-order valence-corrected chi connectivity index (χ0v) is 18.3. The number of hydrogen-bond donors (Lipinski definition) is 2. The van der Waals surface area contributed by atoms with E-state index < -0.39 is 0 Å². The Morgan fingerprint density at radius 1 is 0.906 bits per heavy atom. The first-order valence-corrected chi connectivity index (χ1v) is 11.2. The van der Waals surface area contributed by atoms with Gasteiger partial charge in [-0.2, -0.15) is 0 Å². The predicted molar refractivity (Wildman–Crippen MR) is 128 cm³/mol. The van der Waals surface area contributed by atoms with E-state index in [2.05, 4.69) is 20.6 Å². The molecule has 3 aromatic carbocycles. The molecule has 0 aliphatic rings. The number of hydrogen-bond acceptors (Lipinski definition) is 5. The lowest BCUT2D eigenvalue weighted by Gasteiger charge is -2.16. The summed E-state index contributed by atoms with van der Waals surface area (Å²) in [4.78, 5) is 34.0. The van der Waals surface area contributed by atoms with Gasteiger partial charge in [-0.25, -0.2) is 9.97 Å². The van der Waals surface area contributed by atoms with Crippen LogP contribution in [0.5, 0.6) is 0 Å². The highest BCUT2D eigenvalue weighted by atomic mass is 32.2. The first-order chi connectivity index (χ1) is 15.6. The van der Waals surface area contributed by atoms with E-state index in [-0.39, 0.29) is 23.6 Å². The van der Waals surface area contributed by atoms with Crippen molar-refractivity contribution in [1.29, 1.82) is 0 Å². The van der Waals surface area contributed by atoms with Gasteiger partial charge in [0.2, 0.25) is 5.91 Å². The van der Waals surface area contributed by atoms with Crippen molar-refractivity contribution in [3.63, 3.8) is 0 Å². The maximum absolute atomic E-state index is 12.9. The van der Waals surface area contributed by atoms with E-state index in [1.807, 2.05) is 61.5 Å². The molecule has 2 amide bonds. The quantitative estimate of drug-likeness (QED) is 0.316. The van der Waals surface area contributed by atoms with Crippen molar-refractivity contribution in [2.24, 2.45) is 0 Å². The van der Waals surface area contributed by atoms with Crippen LogP contribution in [-0.4, -0.2) is 27.5 Å². The zero-order chi connectivity index (χ0) is 22.3. The zero-order valence-electron chi connectivity index (χ0n) is 17.5. The Labute approximate surface area is 190 Å². The summed E-state index contributed by atoms with van der Waals surface area (Å²) in [7, 11) is 0. The fraction of sp³-hybridized carbons (Fsp3) is 0.120. The molecule has 0 saturated heterocycles. The van der Waals surface area contributed by atoms with Crippen LogP contribution in [0, 0.1) is 0 Å². The van der Waals surface area contributed by atoms with E-state index in [9.17, 15) is 9.59 Å².